The van der Waals surface area contributed by atoms with Crippen LogP contribution in [0.2, 0.25) is 0 Å². The minimum Gasteiger partial charge on any atom is -0.452 e. The zero-order chi connectivity index (χ0) is 20.6. The number of hydrogen-bond acceptors (Lipinski definition) is 5. The van der Waals surface area contributed by atoms with Crippen molar-refractivity contribution in [1.82, 2.24) is 5.32 Å². The second kappa shape index (κ2) is 9.75. The monoisotopic (exact) mass is 396 g/mol. The minimum absolute atomic E-state index is 0.0876. The number of ether oxygens (including phenoxy) is 2. The number of hydrogen-bond donors (Lipinski definition) is 2. The Kier molecular flexibility index (Phi) is 7.39. The number of methoxy groups -OCH3 is 1. The van der Waals surface area contributed by atoms with Gasteiger partial charge in [0.15, 0.2) is 6.61 Å². The van der Waals surface area contributed by atoms with E-state index in [0.29, 0.717) is 6.61 Å². The SMILES string of the molecule is COCCNC(=O)COC(=O)c1ccccc1Nc1cccc(C(F)(F)F)c1. The highest BCUT2D eigenvalue weighted by atomic mass is 19.4. The van der Waals surface area contributed by atoms with Crippen LogP contribution in [0.4, 0.5) is 24.5 Å². The van der Waals surface area contributed by atoms with Crippen molar-refractivity contribution in [2.75, 3.05) is 32.2 Å². The van der Waals surface area contributed by atoms with Crippen molar-refractivity contribution in [3.05, 3.63) is 59.7 Å². The van der Waals surface area contributed by atoms with Crippen LogP contribution in [0.3, 0.4) is 0 Å². The number of carbonyl (C=O) groups excluding carboxylic acids is 2. The molecule has 0 saturated heterocycles. The maximum Gasteiger partial charge on any atom is 0.416 e. The number of rotatable bonds is 8. The van der Waals surface area contributed by atoms with Gasteiger partial charge in [0.2, 0.25) is 0 Å². The molecule has 0 spiro atoms. The van der Waals surface area contributed by atoms with Gasteiger partial charge in [0.25, 0.3) is 5.91 Å². The van der Waals surface area contributed by atoms with Gasteiger partial charge in [0.05, 0.1) is 23.4 Å². The van der Waals surface area contributed by atoms with Crippen LogP contribution in [0.5, 0.6) is 0 Å². The van der Waals surface area contributed by atoms with Gasteiger partial charge in [0, 0.05) is 19.3 Å². The van der Waals surface area contributed by atoms with E-state index in [9.17, 15) is 22.8 Å². The Balaban J connectivity index is 2.06. The summed E-state index contributed by atoms with van der Waals surface area (Å²) in [4.78, 5) is 23.9. The molecule has 0 atom stereocenters. The van der Waals surface area contributed by atoms with Gasteiger partial charge in [-0.3, -0.25) is 4.79 Å². The summed E-state index contributed by atoms with van der Waals surface area (Å²) in [6.07, 6.45) is -4.48. The van der Waals surface area contributed by atoms with Crippen molar-refractivity contribution in [1.29, 1.82) is 0 Å². The van der Waals surface area contributed by atoms with E-state index in [1.54, 1.807) is 12.1 Å². The molecule has 0 radical (unpaired) electrons. The zero-order valence-electron chi connectivity index (χ0n) is 15.0. The molecule has 0 saturated carbocycles. The van der Waals surface area contributed by atoms with E-state index in [0.717, 1.165) is 12.1 Å². The lowest BCUT2D eigenvalue weighted by Gasteiger charge is -2.13. The van der Waals surface area contributed by atoms with Crippen molar-refractivity contribution in [3.63, 3.8) is 0 Å². The maximum absolute atomic E-state index is 12.9. The van der Waals surface area contributed by atoms with Gasteiger partial charge in [-0.1, -0.05) is 18.2 Å². The summed E-state index contributed by atoms with van der Waals surface area (Å²) in [6.45, 7) is 0.116. The first-order valence-electron chi connectivity index (χ1n) is 8.27. The third-order valence-electron chi connectivity index (χ3n) is 3.58. The van der Waals surface area contributed by atoms with E-state index in [2.05, 4.69) is 10.6 Å². The fourth-order valence-corrected chi connectivity index (χ4v) is 2.25. The lowest BCUT2D eigenvalue weighted by molar-refractivity contribution is -0.137. The fraction of sp³-hybridized carbons (Fsp3) is 0.263. The molecular formula is C19H19F3N2O4. The van der Waals surface area contributed by atoms with Gasteiger partial charge >= 0.3 is 12.1 Å². The highest BCUT2D eigenvalue weighted by Gasteiger charge is 2.30. The Morgan fingerprint density at radius 3 is 2.54 bits per heavy atom. The van der Waals surface area contributed by atoms with Crippen molar-refractivity contribution >= 4 is 23.3 Å². The molecule has 0 aliphatic carbocycles. The minimum atomic E-state index is -4.48. The van der Waals surface area contributed by atoms with E-state index in [1.807, 2.05) is 0 Å². The van der Waals surface area contributed by atoms with Gasteiger partial charge in [-0.05, 0) is 30.3 Å². The predicted molar refractivity (Wildman–Crippen MR) is 96.3 cm³/mol. The number of esters is 1. The summed E-state index contributed by atoms with van der Waals surface area (Å²) in [5, 5.41) is 5.28. The Hall–Kier alpha value is -3.07. The van der Waals surface area contributed by atoms with E-state index in [-0.39, 0.29) is 23.5 Å². The van der Waals surface area contributed by atoms with E-state index >= 15 is 0 Å². The number of alkyl halides is 3. The molecule has 6 nitrogen and oxygen atoms in total. The molecule has 0 unspecified atom stereocenters. The predicted octanol–water partition coefficient (Wildman–Crippen LogP) is 3.37. The molecule has 2 aromatic rings. The fourth-order valence-electron chi connectivity index (χ4n) is 2.25. The lowest BCUT2D eigenvalue weighted by atomic mass is 10.1. The van der Waals surface area contributed by atoms with Crippen LogP contribution in [0.1, 0.15) is 15.9 Å². The van der Waals surface area contributed by atoms with Crippen LogP contribution in [0.25, 0.3) is 0 Å². The molecule has 0 bridgehead atoms. The molecule has 28 heavy (non-hydrogen) atoms. The Morgan fingerprint density at radius 1 is 1.07 bits per heavy atom. The molecular weight excluding hydrogens is 377 g/mol. The van der Waals surface area contributed by atoms with Crippen molar-refractivity contribution in [2.45, 2.75) is 6.18 Å². The number of anilines is 2. The molecule has 2 N–H and O–H groups in total. The zero-order valence-corrected chi connectivity index (χ0v) is 15.0. The topological polar surface area (TPSA) is 76.7 Å². The van der Waals surface area contributed by atoms with Crippen LogP contribution >= 0.6 is 0 Å². The van der Waals surface area contributed by atoms with Crippen LogP contribution in [-0.2, 0) is 20.4 Å². The van der Waals surface area contributed by atoms with Crippen molar-refractivity contribution in [2.24, 2.45) is 0 Å². The summed E-state index contributed by atoms with van der Waals surface area (Å²) in [5.74, 6) is -1.27. The summed E-state index contributed by atoms with van der Waals surface area (Å²) in [7, 11) is 1.49. The maximum atomic E-state index is 12.9. The van der Waals surface area contributed by atoms with Gasteiger partial charge in [-0.15, -0.1) is 0 Å². The van der Waals surface area contributed by atoms with Gasteiger partial charge < -0.3 is 20.1 Å². The van der Waals surface area contributed by atoms with E-state index in [1.165, 1.54) is 31.4 Å². The van der Waals surface area contributed by atoms with E-state index < -0.39 is 30.2 Å². The first-order valence-corrected chi connectivity index (χ1v) is 8.27. The smallest absolute Gasteiger partial charge is 0.416 e. The molecule has 2 aromatic carbocycles. The molecule has 0 aliphatic heterocycles. The van der Waals surface area contributed by atoms with Crippen LogP contribution in [-0.4, -0.2) is 38.7 Å². The number of halogens is 3. The summed E-state index contributed by atoms with van der Waals surface area (Å²) in [5.41, 5.74) is -0.311. The third kappa shape index (κ3) is 6.27. The van der Waals surface area contributed by atoms with Crippen LogP contribution < -0.4 is 10.6 Å². The highest BCUT2D eigenvalue weighted by Crippen LogP contribution is 2.31. The number of benzene rings is 2. The first-order chi connectivity index (χ1) is 13.3. The molecule has 0 heterocycles. The van der Waals surface area contributed by atoms with Gasteiger partial charge in [-0.2, -0.15) is 13.2 Å². The molecule has 9 heteroatoms. The lowest BCUT2D eigenvalue weighted by Crippen LogP contribution is -2.31. The van der Waals surface area contributed by atoms with Gasteiger partial charge in [-0.25, -0.2) is 4.79 Å². The second-order valence-corrected chi connectivity index (χ2v) is 5.67. The largest absolute Gasteiger partial charge is 0.452 e. The van der Waals surface area contributed by atoms with Crippen LogP contribution in [0.15, 0.2) is 48.5 Å². The molecule has 2 rings (SSSR count). The highest BCUT2D eigenvalue weighted by molar-refractivity contribution is 5.97. The molecule has 150 valence electrons. The normalized spacial score (nSPS) is 11.0. The molecule has 1 amide bonds. The number of amides is 1. The molecule has 0 fully saturated rings. The average molecular weight is 396 g/mol. The third-order valence-corrected chi connectivity index (χ3v) is 3.58. The number of para-hydroxylation sites is 1. The number of carbonyl (C=O) groups is 2. The van der Waals surface area contributed by atoms with Crippen molar-refractivity contribution < 1.29 is 32.2 Å². The molecule has 0 aliphatic rings. The second-order valence-electron chi connectivity index (χ2n) is 5.67. The first kappa shape index (κ1) is 21.2. The Labute approximate surface area is 159 Å². The van der Waals surface area contributed by atoms with Crippen molar-refractivity contribution in [3.8, 4) is 0 Å². The quantitative estimate of drug-likeness (QED) is 0.529. The summed E-state index contributed by atoms with van der Waals surface area (Å²) >= 11 is 0. The van der Waals surface area contributed by atoms with Crippen LogP contribution in [0, 0.1) is 0 Å². The Bertz CT molecular complexity index is 825. The average Bonchev–Trinajstić information content (AvgIpc) is 2.66. The standard InChI is InChI=1S/C19H19F3N2O4/c1-27-10-9-23-17(25)12-28-18(26)15-7-2-3-8-16(15)24-14-6-4-5-13(11-14)19(20,21)22/h2-8,11,24H,9-10,12H2,1H3,(H,23,25). The summed E-state index contributed by atoms with van der Waals surface area (Å²) < 4.78 is 48.3. The Morgan fingerprint density at radius 2 is 1.82 bits per heavy atom. The molecule has 0 aromatic heterocycles. The van der Waals surface area contributed by atoms with Gasteiger partial charge in [0.1, 0.15) is 0 Å². The van der Waals surface area contributed by atoms with E-state index in [4.69, 9.17) is 9.47 Å². The number of nitrogens with one attached hydrogen (secondary N) is 2. The summed E-state index contributed by atoms with van der Waals surface area (Å²) in [6, 6.07) is 10.8.